The minimum atomic E-state index is 0.624. The highest BCUT2D eigenvalue weighted by Gasteiger charge is 2.11. The molecule has 2 nitrogen and oxygen atoms in total. The predicted molar refractivity (Wildman–Crippen MR) is 86.3 cm³/mol. The van der Waals surface area contributed by atoms with E-state index in [1.807, 2.05) is 10.6 Å². The molecule has 1 atom stereocenters. The van der Waals surface area contributed by atoms with E-state index in [-0.39, 0.29) is 0 Å². The number of hydrogen-bond acceptors (Lipinski definition) is 1. The summed E-state index contributed by atoms with van der Waals surface area (Å²) in [7, 11) is 0. The fraction of sp³-hybridized carbons (Fsp3) is 0.357. The van der Waals surface area contributed by atoms with Gasteiger partial charge in [-0.3, -0.25) is 0 Å². The van der Waals surface area contributed by atoms with Crippen LogP contribution in [0.2, 0.25) is 0 Å². The molecule has 1 heterocycles. The second-order valence-corrected chi connectivity index (χ2v) is 6.71. The Kier molecular flexibility index (Phi) is 3.86. The van der Waals surface area contributed by atoms with Crippen LogP contribution in [0.15, 0.2) is 24.4 Å². The lowest BCUT2D eigenvalue weighted by Gasteiger charge is -1.98. The van der Waals surface area contributed by atoms with E-state index in [4.69, 9.17) is 0 Å². The Bertz CT molecular complexity index is 617. The first-order valence-electron chi connectivity index (χ1n) is 6.23. The lowest BCUT2D eigenvalue weighted by atomic mass is 10.1. The first kappa shape index (κ1) is 12.4. The van der Waals surface area contributed by atoms with E-state index in [0.29, 0.717) is 12.3 Å². The lowest BCUT2D eigenvalue weighted by molar-refractivity contribution is 0.712. The summed E-state index contributed by atoms with van der Waals surface area (Å²) >= 11 is 2.35. The van der Waals surface area contributed by atoms with Crippen LogP contribution < -0.4 is 0 Å². The van der Waals surface area contributed by atoms with Crippen LogP contribution >= 0.6 is 28.4 Å². The minimum absolute atomic E-state index is 0.624. The second-order valence-electron chi connectivity index (χ2n) is 4.67. The number of fused-ring (bicyclic) bond motifs is 1. The molecule has 1 aromatic carbocycles. The number of benzene rings is 1. The fourth-order valence-corrected chi connectivity index (χ4v) is 3.98. The summed E-state index contributed by atoms with van der Waals surface area (Å²) in [5.74, 6) is 7.35. The molecule has 1 aromatic heterocycles. The molecule has 0 saturated heterocycles. The molecular weight excluding hydrogens is 354 g/mol. The Morgan fingerprint density at radius 1 is 1.33 bits per heavy atom. The van der Waals surface area contributed by atoms with E-state index in [2.05, 4.69) is 57.2 Å². The van der Waals surface area contributed by atoms with Gasteiger partial charge in [-0.1, -0.05) is 24.7 Å². The van der Waals surface area contributed by atoms with Gasteiger partial charge in [-0.2, -0.15) is 5.10 Å². The van der Waals surface area contributed by atoms with Crippen molar-refractivity contribution in [2.75, 3.05) is 0 Å². The van der Waals surface area contributed by atoms with Gasteiger partial charge in [0.05, 0.1) is 18.1 Å². The molecule has 1 unspecified atom stereocenters. The van der Waals surface area contributed by atoms with Crippen LogP contribution in [0, 0.1) is 17.8 Å². The van der Waals surface area contributed by atoms with Crippen LogP contribution in [0.3, 0.4) is 0 Å². The van der Waals surface area contributed by atoms with E-state index in [0.717, 1.165) is 5.56 Å². The van der Waals surface area contributed by atoms with Crippen LogP contribution in [0.1, 0.15) is 31.2 Å². The Morgan fingerprint density at radius 2 is 2.17 bits per heavy atom. The molecule has 2 aromatic rings. The van der Waals surface area contributed by atoms with Crippen LogP contribution in [-0.2, 0) is 0 Å². The molecule has 0 amide bonds. The molecule has 0 N–H and O–H groups in total. The third-order valence-corrected chi connectivity index (χ3v) is 5.31. The van der Waals surface area contributed by atoms with E-state index in [1.54, 1.807) is 0 Å². The van der Waals surface area contributed by atoms with Crippen LogP contribution in [0.5, 0.6) is 0 Å². The summed E-state index contributed by atoms with van der Waals surface area (Å²) in [6.45, 7) is 0. The SMILES string of the molecule is IPn1ncc2cc(C#CC3CCCC3)ccc21. The van der Waals surface area contributed by atoms with Crippen molar-refractivity contribution in [2.24, 2.45) is 5.92 Å². The van der Waals surface area contributed by atoms with Gasteiger partial charge in [-0.25, -0.2) is 4.45 Å². The third kappa shape index (κ3) is 2.55. The number of aromatic nitrogens is 2. The minimum Gasteiger partial charge on any atom is -0.237 e. The molecule has 0 bridgehead atoms. The summed E-state index contributed by atoms with van der Waals surface area (Å²) in [5.41, 5.74) is 2.32. The van der Waals surface area contributed by atoms with E-state index < -0.39 is 0 Å². The van der Waals surface area contributed by atoms with Crippen molar-refractivity contribution in [2.45, 2.75) is 25.7 Å². The number of halogens is 1. The zero-order chi connectivity index (χ0) is 12.4. The van der Waals surface area contributed by atoms with Gasteiger partial charge in [0.1, 0.15) is 0 Å². The maximum absolute atomic E-state index is 4.37. The van der Waals surface area contributed by atoms with Crippen molar-refractivity contribution in [1.82, 2.24) is 9.55 Å². The average Bonchev–Trinajstić information content (AvgIpc) is 3.05. The summed E-state index contributed by atoms with van der Waals surface area (Å²) in [5, 5.41) is 5.56. The summed E-state index contributed by atoms with van der Waals surface area (Å²) in [6.07, 6.45) is 7.84. The zero-order valence-electron chi connectivity index (χ0n) is 9.99. The number of hydrogen-bond donors (Lipinski definition) is 0. The van der Waals surface area contributed by atoms with Gasteiger partial charge in [0, 0.05) is 16.9 Å². The number of nitrogens with zero attached hydrogens (tertiary/aromatic N) is 2. The molecule has 0 spiro atoms. The standard InChI is InChI=1S/C14H14IN2P/c15-18-17-14-8-7-12(9-13(14)10-16-17)6-5-11-3-1-2-4-11/h7-11,18H,1-4H2. The molecule has 1 aliphatic carbocycles. The largest absolute Gasteiger partial charge is 0.237 e. The van der Waals surface area contributed by atoms with Crippen LogP contribution in [0.4, 0.5) is 0 Å². The van der Waals surface area contributed by atoms with E-state index in [1.165, 1.54) is 36.6 Å². The summed E-state index contributed by atoms with van der Waals surface area (Å²) < 4.78 is 2.03. The van der Waals surface area contributed by atoms with Crippen molar-refractivity contribution in [3.63, 3.8) is 0 Å². The molecule has 0 aliphatic heterocycles. The Balaban J connectivity index is 1.88. The Hall–Kier alpha value is -0.590. The van der Waals surface area contributed by atoms with Crippen LogP contribution in [0.25, 0.3) is 10.9 Å². The zero-order valence-corrected chi connectivity index (χ0v) is 13.1. The average molecular weight is 368 g/mol. The normalized spacial score (nSPS) is 16.5. The monoisotopic (exact) mass is 368 g/mol. The van der Waals surface area contributed by atoms with Crippen molar-refractivity contribution >= 4 is 39.3 Å². The summed E-state index contributed by atoms with van der Waals surface area (Å²) in [4.78, 5) is 0. The predicted octanol–water partition coefficient (Wildman–Crippen LogP) is 4.37. The van der Waals surface area contributed by atoms with E-state index in [9.17, 15) is 0 Å². The second kappa shape index (κ2) is 5.59. The molecule has 0 radical (unpaired) electrons. The van der Waals surface area contributed by atoms with Crippen LogP contribution in [-0.4, -0.2) is 9.55 Å². The van der Waals surface area contributed by atoms with Gasteiger partial charge in [0.2, 0.25) is 0 Å². The van der Waals surface area contributed by atoms with Gasteiger partial charge in [0.15, 0.2) is 0 Å². The van der Waals surface area contributed by atoms with Gasteiger partial charge in [0.25, 0.3) is 0 Å². The maximum atomic E-state index is 4.37. The highest BCUT2D eigenvalue weighted by molar-refractivity contribution is 14.2. The molecule has 1 aliphatic rings. The molecular formula is C14H14IN2P. The van der Waals surface area contributed by atoms with Gasteiger partial charge < -0.3 is 0 Å². The highest BCUT2D eigenvalue weighted by atomic mass is 127. The van der Waals surface area contributed by atoms with E-state index >= 15 is 0 Å². The highest BCUT2D eigenvalue weighted by Crippen LogP contribution is 2.28. The van der Waals surface area contributed by atoms with Gasteiger partial charge in [-0.15, -0.1) is 0 Å². The first-order valence-corrected chi connectivity index (χ1v) is 10.3. The van der Waals surface area contributed by atoms with Crippen molar-refractivity contribution in [3.8, 4) is 11.8 Å². The quantitative estimate of drug-likeness (QED) is 0.415. The molecule has 3 rings (SSSR count). The van der Waals surface area contributed by atoms with Crippen molar-refractivity contribution in [3.05, 3.63) is 30.0 Å². The first-order chi connectivity index (χ1) is 8.86. The van der Waals surface area contributed by atoms with Gasteiger partial charge in [-0.05, 0) is 53.1 Å². The van der Waals surface area contributed by atoms with Crippen molar-refractivity contribution in [1.29, 1.82) is 0 Å². The molecule has 1 saturated carbocycles. The summed E-state index contributed by atoms with van der Waals surface area (Å²) in [6, 6.07) is 6.39. The molecule has 4 heteroatoms. The lowest BCUT2D eigenvalue weighted by Crippen LogP contribution is -1.86. The smallest absolute Gasteiger partial charge is 0.0730 e. The van der Waals surface area contributed by atoms with Crippen molar-refractivity contribution < 1.29 is 0 Å². The van der Waals surface area contributed by atoms with Gasteiger partial charge >= 0.3 is 0 Å². The maximum Gasteiger partial charge on any atom is 0.0730 e. The Morgan fingerprint density at radius 3 is 2.94 bits per heavy atom. The number of rotatable bonds is 1. The third-order valence-electron chi connectivity index (χ3n) is 3.42. The Labute approximate surface area is 122 Å². The topological polar surface area (TPSA) is 17.8 Å². The fourth-order valence-electron chi connectivity index (χ4n) is 2.43. The molecule has 18 heavy (non-hydrogen) atoms. The molecule has 92 valence electrons. The molecule has 1 fully saturated rings.